The van der Waals surface area contributed by atoms with Crippen molar-refractivity contribution in [2.75, 3.05) is 27.8 Å². The van der Waals surface area contributed by atoms with Gasteiger partial charge < -0.3 is 5.32 Å². The molecular weight excluding hydrogens is 304 g/mol. The molecule has 1 atom stereocenters. The van der Waals surface area contributed by atoms with Crippen LogP contribution in [0.15, 0.2) is 18.2 Å². The van der Waals surface area contributed by atoms with Crippen LogP contribution in [0.1, 0.15) is 25.8 Å². The first-order chi connectivity index (χ1) is 9.67. The maximum absolute atomic E-state index is 11.3. The maximum atomic E-state index is 11.3. The van der Waals surface area contributed by atoms with Crippen LogP contribution < -0.4 is 10.0 Å². The molecule has 0 saturated carbocycles. The zero-order valence-corrected chi connectivity index (χ0v) is 14.7. The summed E-state index contributed by atoms with van der Waals surface area (Å²) in [6.45, 7) is 6.52. The van der Waals surface area contributed by atoms with E-state index in [9.17, 15) is 8.42 Å². The summed E-state index contributed by atoms with van der Waals surface area (Å²) in [6, 6.07) is 6.20. The average molecular weight is 329 g/mol. The molecule has 1 unspecified atom stereocenters. The van der Waals surface area contributed by atoms with Gasteiger partial charge >= 0.3 is 0 Å². The van der Waals surface area contributed by atoms with Gasteiger partial charge in [0.25, 0.3) is 0 Å². The molecule has 4 nitrogen and oxygen atoms in total. The van der Waals surface area contributed by atoms with Gasteiger partial charge in [0.2, 0.25) is 10.0 Å². The van der Waals surface area contributed by atoms with Crippen molar-refractivity contribution in [2.45, 2.75) is 33.2 Å². The first kappa shape index (κ1) is 16.5. The van der Waals surface area contributed by atoms with Gasteiger partial charge in [-0.05, 0) is 48.3 Å². The lowest BCUT2D eigenvalue weighted by atomic mass is 9.82. The van der Waals surface area contributed by atoms with Gasteiger partial charge in [0, 0.05) is 17.5 Å². The SMILES string of the molecule is Cc1cc(NC2CSCCC2(C)C)ccc1NS(C)(=O)=O. The van der Waals surface area contributed by atoms with Gasteiger partial charge in [-0.25, -0.2) is 8.42 Å². The molecule has 0 amide bonds. The van der Waals surface area contributed by atoms with Crippen LogP contribution in [0.4, 0.5) is 11.4 Å². The summed E-state index contributed by atoms with van der Waals surface area (Å²) in [4.78, 5) is 0. The molecular formula is C15H24N2O2S2. The highest BCUT2D eigenvalue weighted by atomic mass is 32.2. The molecule has 0 aliphatic carbocycles. The van der Waals surface area contributed by atoms with Crippen LogP contribution in [0.3, 0.4) is 0 Å². The predicted octanol–water partition coefficient (Wildman–Crippen LogP) is 3.31. The van der Waals surface area contributed by atoms with Crippen molar-refractivity contribution in [3.63, 3.8) is 0 Å². The summed E-state index contributed by atoms with van der Waals surface area (Å²) in [6.07, 6.45) is 2.38. The fraction of sp³-hybridized carbons (Fsp3) is 0.600. The molecule has 1 aromatic carbocycles. The van der Waals surface area contributed by atoms with Crippen LogP contribution in [0.5, 0.6) is 0 Å². The van der Waals surface area contributed by atoms with Crippen LogP contribution in [-0.2, 0) is 10.0 Å². The van der Waals surface area contributed by atoms with E-state index in [0.717, 1.165) is 17.0 Å². The summed E-state index contributed by atoms with van der Waals surface area (Å²) in [5, 5.41) is 3.60. The third-order valence-corrected chi connectivity index (χ3v) is 5.63. The highest BCUT2D eigenvalue weighted by Crippen LogP contribution is 2.36. The van der Waals surface area contributed by atoms with Crippen molar-refractivity contribution in [3.05, 3.63) is 23.8 Å². The zero-order valence-electron chi connectivity index (χ0n) is 13.1. The molecule has 1 aliphatic rings. The largest absolute Gasteiger partial charge is 0.381 e. The minimum atomic E-state index is -3.23. The quantitative estimate of drug-likeness (QED) is 0.890. The molecule has 1 aromatic rings. The van der Waals surface area contributed by atoms with Crippen molar-refractivity contribution in [3.8, 4) is 0 Å². The van der Waals surface area contributed by atoms with Gasteiger partial charge in [-0.15, -0.1) is 0 Å². The van der Waals surface area contributed by atoms with E-state index < -0.39 is 10.0 Å². The topological polar surface area (TPSA) is 58.2 Å². The predicted molar refractivity (Wildman–Crippen MR) is 92.8 cm³/mol. The lowest BCUT2D eigenvalue weighted by Crippen LogP contribution is -2.41. The lowest BCUT2D eigenvalue weighted by Gasteiger charge is -2.39. The Kier molecular flexibility index (Phi) is 4.78. The summed E-state index contributed by atoms with van der Waals surface area (Å²) < 4.78 is 25.2. The second-order valence-corrected chi connectivity index (χ2v) is 9.31. The fourth-order valence-electron chi connectivity index (χ4n) is 2.44. The summed E-state index contributed by atoms with van der Waals surface area (Å²) >= 11 is 1.99. The third-order valence-electron chi connectivity index (χ3n) is 3.98. The molecule has 1 aliphatic heterocycles. The Labute approximate surface area is 132 Å². The smallest absolute Gasteiger partial charge is 0.229 e. The number of hydrogen-bond donors (Lipinski definition) is 2. The molecule has 2 N–H and O–H groups in total. The van der Waals surface area contributed by atoms with Crippen molar-refractivity contribution >= 4 is 33.2 Å². The Morgan fingerprint density at radius 2 is 2.05 bits per heavy atom. The Balaban J connectivity index is 2.13. The molecule has 0 spiro atoms. The molecule has 0 bridgehead atoms. The van der Waals surface area contributed by atoms with E-state index in [-0.39, 0.29) is 5.41 Å². The number of benzene rings is 1. The Bertz CT molecular complexity index is 612. The molecule has 2 rings (SSSR count). The minimum absolute atomic E-state index is 0.281. The number of sulfonamides is 1. The van der Waals surface area contributed by atoms with Gasteiger partial charge in [-0.2, -0.15) is 11.8 Å². The molecule has 0 aromatic heterocycles. The van der Waals surface area contributed by atoms with Gasteiger partial charge in [-0.1, -0.05) is 13.8 Å². The molecule has 1 fully saturated rings. The van der Waals surface area contributed by atoms with E-state index >= 15 is 0 Å². The Hall–Kier alpha value is -0.880. The van der Waals surface area contributed by atoms with Crippen molar-refractivity contribution in [1.29, 1.82) is 0 Å². The van der Waals surface area contributed by atoms with Crippen LogP contribution in [0, 0.1) is 12.3 Å². The van der Waals surface area contributed by atoms with Crippen molar-refractivity contribution < 1.29 is 8.42 Å². The van der Waals surface area contributed by atoms with Crippen LogP contribution in [-0.4, -0.2) is 32.2 Å². The summed E-state index contributed by atoms with van der Waals surface area (Å²) in [7, 11) is -3.23. The monoisotopic (exact) mass is 328 g/mol. The number of aryl methyl sites for hydroxylation is 1. The molecule has 6 heteroatoms. The highest BCUT2D eigenvalue weighted by Gasteiger charge is 2.32. The van der Waals surface area contributed by atoms with Gasteiger partial charge in [0.1, 0.15) is 0 Å². The summed E-state index contributed by atoms with van der Waals surface area (Å²) in [5.41, 5.74) is 2.89. The Morgan fingerprint density at radius 3 is 2.62 bits per heavy atom. The Morgan fingerprint density at radius 1 is 1.33 bits per heavy atom. The van der Waals surface area contributed by atoms with E-state index in [0.29, 0.717) is 11.7 Å². The number of rotatable bonds is 4. The van der Waals surface area contributed by atoms with E-state index in [4.69, 9.17) is 0 Å². The highest BCUT2D eigenvalue weighted by molar-refractivity contribution is 7.99. The van der Waals surface area contributed by atoms with Crippen LogP contribution in [0.25, 0.3) is 0 Å². The molecule has 118 valence electrons. The molecule has 0 radical (unpaired) electrons. The van der Waals surface area contributed by atoms with Crippen molar-refractivity contribution in [2.24, 2.45) is 5.41 Å². The fourth-order valence-corrected chi connectivity index (χ4v) is 4.68. The van der Waals surface area contributed by atoms with Crippen LogP contribution in [0.2, 0.25) is 0 Å². The first-order valence-electron chi connectivity index (χ1n) is 7.10. The average Bonchev–Trinajstić information content (AvgIpc) is 2.34. The number of thioether (sulfide) groups is 1. The van der Waals surface area contributed by atoms with Crippen LogP contribution >= 0.6 is 11.8 Å². The number of nitrogens with one attached hydrogen (secondary N) is 2. The normalized spacial score (nSPS) is 21.8. The maximum Gasteiger partial charge on any atom is 0.229 e. The molecule has 21 heavy (non-hydrogen) atoms. The first-order valence-corrected chi connectivity index (χ1v) is 10.1. The lowest BCUT2D eigenvalue weighted by molar-refractivity contribution is 0.305. The van der Waals surface area contributed by atoms with Gasteiger partial charge in [-0.3, -0.25) is 4.72 Å². The van der Waals surface area contributed by atoms with E-state index in [1.165, 1.54) is 18.4 Å². The third kappa shape index (κ3) is 4.54. The second-order valence-electron chi connectivity index (χ2n) is 6.41. The zero-order chi connectivity index (χ0) is 15.7. The summed E-state index contributed by atoms with van der Waals surface area (Å²) in [5.74, 6) is 2.33. The van der Waals surface area contributed by atoms with E-state index in [1.807, 2.05) is 36.9 Å². The molecule has 1 saturated heterocycles. The standard InChI is InChI=1S/C15H24N2O2S2/c1-11-9-12(5-6-13(11)17-21(4,18)19)16-14-10-20-8-7-15(14,2)3/h5-6,9,14,16-17H,7-8,10H2,1-4H3. The molecule has 1 heterocycles. The van der Waals surface area contributed by atoms with Crippen molar-refractivity contribution in [1.82, 2.24) is 0 Å². The van der Waals surface area contributed by atoms with Gasteiger partial charge in [0.15, 0.2) is 0 Å². The number of hydrogen-bond acceptors (Lipinski definition) is 4. The van der Waals surface area contributed by atoms with Gasteiger partial charge in [0.05, 0.1) is 11.9 Å². The minimum Gasteiger partial charge on any atom is -0.381 e. The number of anilines is 2. The second kappa shape index (κ2) is 6.08. The van der Waals surface area contributed by atoms with E-state index in [2.05, 4.69) is 23.9 Å². The van der Waals surface area contributed by atoms with E-state index in [1.54, 1.807) is 0 Å².